The largest absolute Gasteiger partial charge is 0.508 e. The SMILES string of the molecule is Oc1ccc(-c2nc3ccccc3nc2C(F)(F)F)cc1. The molecule has 2 aromatic carbocycles. The molecule has 0 radical (unpaired) electrons. The first-order chi connectivity index (χ1) is 9.95. The molecular weight excluding hydrogens is 281 g/mol. The molecular formula is C15H9F3N2O. The van der Waals surface area contributed by atoms with Crippen molar-refractivity contribution in [2.75, 3.05) is 0 Å². The van der Waals surface area contributed by atoms with Gasteiger partial charge in [0.05, 0.1) is 11.0 Å². The van der Waals surface area contributed by atoms with Gasteiger partial charge in [0.1, 0.15) is 11.4 Å². The average molecular weight is 290 g/mol. The smallest absolute Gasteiger partial charge is 0.435 e. The second-order valence-electron chi connectivity index (χ2n) is 4.45. The van der Waals surface area contributed by atoms with E-state index in [4.69, 9.17) is 0 Å². The molecule has 1 aromatic heterocycles. The summed E-state index contributed by atoms with van der Waals surface area (Å²) < 4.78 is 39.6. The van der Waals surface area contributed by atoms with Crippen LogP contribution in [0.5, 0.6) is 5.75 Å². The van der Waals surface area contributed by atoms with Crippen molar-refractivity contribution in [3.63, 3.8) is 0 Å². The summed E-state index contributed by atoms with van der Waals surface area (Å²) in [5, 5.41) is 9.25. The van der Waals surface area contributed by atoms with E-state index >= 15 is 0 Å². The summed E-state index contributed by atoms with van der Waals surface area (Å²) in [4.78, 5) is 7.77. The highest BCUT2D eigenvalue weighted by molar-refractivity contribution is 5.78. The fourth-order valence-electron chi connectivity index (χ4n) is 2.02. The lowest BCUT2D eigenvalue weighted by Gasteiger charge is -2.12. The molecule has 0 amide bonds. The molecule has 0 aliphatic heterocycles. The first kappa shape index (κ1) is 13.4. The van der Waals surface area contributed by atoms with E-state index in [9.17, 15) is 18.3 Å². The second-order valence-corrected chi connectivity index (χ2v) is 4.45. The second kappa shape index (κ2) is 4.73. The summed E-state index contributed by atoms with van der Waals surface area (Å²) in [7, 11) is 0. The predicted molar refractivity (Wildman–Crippen MR) is 71.6 cm³/mol. The van der Waals surface area contributed by atoms with Crippen molar-refractivity contribution < 1.29 is 18.3 Å². The van der Waals surface area contributed by atoms with Gasteiger partial charge in [0.25, 0.3) is 0 Å². The fraction of sp³-hybridized carbons (Fsp3) is 0.0667. The van der Waals surface area contributed by atoms with Gasteiger partial charge < -0.3 is 5.11 Å². The Labute approximate surface area is 117 Å². The number of nitrogens with zero attached hydrogens (tertiary/aromatic N) is 2. The lowest BCUT2D eigenvalue weighted by Crippen LogP contribution is -2.11. The monoisotopic (exact) mass is 290 g/mol. The van der Waals surface area contributed by atoms with Crippen LogP contribution < -0.4 is 0 Å². The Balaban J connectivity index is 2.30. The van der Waals surface area contributed by atoms with Gasteiger partial charge in [-0.1, -0.05) is 12.1 Å². The van der Waals surface area contributed by atoms with Crippen LogP contribution in [0.4, 0.5) is 13.2 Å². The Morgan fingerprint density at radius 2 is 1.38 bits per heavy atom. The van der Waals surface area contributed by atoms with E-state index in [-0.39, 0.29) is 22.5 Å². The molecule has 0 fully saturated rings. The topological polar surface area (TPSA) is 46.0 Å². The van der Waals surface area contributed by atoms with Gasteiger partial charge in [-0.25, -0.2) is 9.97 Å². The van der Waals surface area contributed by atoms with Gasteiger partial charge in [-0.2, -0.15) is 13.2 Å². The maximum Gasteiger partial charge on any atom is 0.435 e. The zero-order valence-corrected chi connectivity index (χ0v) is 10.6. The van der Waals surface area contributed by atoms with E-state index in [0.717, 1.165) is 0 Å². The molecule has 1 heterocycles. The van der Waals surface area contributed by atoms with Gasteiger partial charge in [0.2, 0.25) is 0 Å². The van der Waals surface area contributed by atoms with Gasteiger partial charge in [-0.05, 0) is 36.4 Å². The van der Waals surface area contributed by atoms with Crippen LogP contribution in [0, 0.1) is 0 Å². The quantitative estimate of drug-likeness (QED) is 0.736. The van der Waals surface area contributed by atoms with Gasteiger partial charge in [-0.3, -0.25) is 0 Å². The molecule has 0 aliphatic rings. The Bertz CT molecular complexity index is 798. The summed E-state index contributed by atoms with van der Waals surface area (Å²) in [6, 6.07) is 11.8. The molecule has 21 heavy (non-hydrogen) atoms. The zero-order chi connectivity index (χ0) is 15.0. The number of aromatic hydroxyl groups is 1. The number of benzene rings is 2. The van der Waals surface area contributed by atoms with Gasteiger partial charge in [-0.15, -0.1) is 0 Å². The Hall–Kier alpha value is -2.63. The van der Waals surface area contributed by atoms with E-state index in [1.165, 1.54) is 30.3 Å². The molecule has 106 valence electrons. The summed E-state index contributed by atoms with van der Waals surface area (Å²) in [5.74, 6) is -0.0268. The highest BCUT2D eigenvalue weighted by Crippen LogP contribution is 2.36. The van der Waals surface area contributed by atoms with Crippen LogP contribution in [-0.4, -0.2) is 15.1 Å². The molecule has 0 saturated carbocycles. The molecule has 0 aliphatic carbocycles. The number of hydrogen-bond donors (Lipinski definition) is 1. The Kier molecular flexibility index (Phi) is 3.01. The number of alkyl halides is 3. The van der Waals surface area contributed by atoms with E-state index in [1.807, 2.05) is 0 Å². The van der Waals surface area contributed by atoms with Crippen molar-refractivity contribution in [3.8, 4) is 17.0 Å². The molecule has 0 bridgehead atoms. The van der Waals surface area contributed by atoms with E-state index in [2.05, 4.69) is 9.97 Å². The number of para-hydroxylation sites is 2. The Morgan fingerprint density at radius 3 is 1.95 bits per heavy atom. The van der Waals surface area contributed by atoms with Crippen LogP contribution >= 0.6 is 0 Å². The van der Waals surface area contributed by atoms with Crippen molar-refractivity contribution in [2.24, 2.45) is 0 Å². The predicted octanol–water partition coefficient (Wildman–Crippen LogP) is 4.02. The minimum Gasteiger partial charge on any atom is -0.508 e. The number of halogens is 3. The minimum absolute atomic E-state index is 0.0268. The minimum atomic E-state index is -4.61. The first-order valence-corrected chi connectivity index (χ1v) is 6.08. The number of aromatic nitrogens is 2. The molecule has 3 rings (SSSR count). The lowest BCUT2D eigenvalue weighted by atomic mass is 10.1. The third-order valence-electron chi connectivity index (χ3n) is 2.98. The number of rotatable bonds is 1. The highest BCUT2D eigenvalue weighted by atomic mass is 19.4. The maximum absolute atomic E-state index is 13.2. The summed E-state index contributed by atoms with van der Waals surface area (Å²) in [6.07, 6.45) is -4.61. The van der Waals surface area contributed by atoms with E-state index < -0.39 is 11.9 Å². The summed E-state index contributed by atoms with van der Waals surface area (Å²) in [5.41, 5.74) is -0.465. The number of phenols is 1. The summed E-state index contributed by atoms with van der Waals surface area (Å²) in [6.45, 7) is 0. The van der Waals surface area contributed by atoms with Gasteiger partial charge in [0, 0.05) is 5.56 Å². The molecule has 0 spiro atoms. The molecule has 3 aromatic rings. The number of phenolic OH excluding ortho intramolecular Hbond substituents is 1. The molecule has 0 saturated heterocycles. The molecule has 6 heteroatoms. The van der Waals surface area contributed by atoms with Gasteiger partial charge >= 0.3 is 6.18 Å². The fourth-order valence-corrected chi connectivity index (χ4v) is 2.02. The molecule has 1 N–H and O–H groups in total. The van der Waals surface area contributed by atoms with Crippen molar-refractivity contribution in [2.45, 2.75) is 6.18 Å². The molecule has 0 unspecified atom stereocenters. The highest BCUT2D eigenvalue weighted by Gasteiger charge is 2.37. The third-order valence-corrected chi connectivity index (χ3v) is 2.98. The third kappa shape index (κ3) is 2.52. The van der Waals surface area contributed by atoms with Crippen molar-refractivity contribution in [3.05, 3.63) is 54.2 Å². The van der Waals surface area contributed by atoms with Crippen LogP contribution in [0.15, 0.2) is 48.5 Å². The van der Waals surface area contributed by atoms with Crippen LogP contribution in [0.1, 0.15) is 5.69 Å². The van der Waals surface area contributed by atoms with Crippen molar-refractivity contribution in [1.82, 2.24) is 9.97 Å². The van der Waals surface area contributed by atoms with Crippen LogP contribution in [0.25, 0.3) is 22.3 Å². The number of hydrogen-bond acceptors (Lipinski definition) is 3. The zero-order valence-electron chi connectivity index (χ0n) is 10.6. The molecule has 3 nitrogen and oxygen atoms in total. The van der Waals surface area contributed by atoms with Crippen LogP contribution in [0.2, 0.25) is 0 Å². The van der Waals surface area contributed by atoms with Crippen molar-refractivity contribution in [1.29, 1.82) is 0 Å². The van der Waals surface area contributed by atoms with E-state index in [0.29, 0.717) is 5.52 Å². The Morgan fingerprint density at radius 1 is 0.810 bits per heavy atom. The lowest BCUT2D eigenvalue weighted by molar-refractivity contribution is -0.140. The first-order valence-electron chi connectivity index (χ1n) is 6.08. The maximum atomic E-state index is 13.2. The van der Waals surface area contributed by atoms with E-state index in [1.54, 1.807) is 18.2 Å². The van der Waals surface area contributed by atoms with Crippen LogP contribution in [0.3, 0.4) is 0 Å². The van der Waals surface area contributed by atoms with Gasteiger partial charge in [0.15, 0.2) is 5.69 Å². The van der Waals surface area contributed by atoms with Crippen LogP contribution in [-0.2, 0) is 6.18 Å². The average Bonchev–Trinajstić information content (AvgIpc) is 2.46. The normalized spacial score (nSPS) is 11.8. The standard InChI is InChI=1S/C15H9F3N2O/c16-15(17,18)14-13(9-5-7-10(21)8-6-9)19-11-3-1-2-4-12(11)20-14/h1-8,21H. The molecule has 0 atom stereocenters. The number of fused-ring (bicyclic) bond motifs is 1. The summed E-state index contributed by atoms with van der Waals surface area (Å²) >= 11 is 0. The van der Waals surface area contributed by atoms with Crippen molar-refractivity contribution >= 4 is 11.0 Å².